The highest BCUT2D eigenvalue weighted by Crippen LogP contribution is 2.21. The molecular weight excluding hydrogens is 272 g/mol. The van der Waals surface area contributed by atoms with Gasteiger partial charge in [0.05, 0.1) is 0 Å². The van der Waals surface area contributed by atoms with Gasteiger partial charge in [-0.1, -0.05) is 13.8 Å². The number of carboxylic acids is 1. The molecule has 2 amide bonds. The molecule has 0 saturated carbocycles. The van der Waals surface area contributed by atoms with E-state index in [2.05, 4.69) is 0 Å². The van der Waals surface area contributed by atoms with Crippen molar-refractivity contribution in [3.8, 4) is 0 Å². The van der Waals surface area contributed by atoms with Gasteiger partial charge in [0.2, 0.25) is 11.8 Å². The fourth-order valence-corrected chi connectivity index (χ4v) is 2.56. The van der Waals surface area contributed by atoms with Crippen LogP contribution < -0.4 is 0 Å². The molecule has 0 spiro atoms. The van der Waals surface area contributed by atoms with E-state index >= 15 is 0 Å². The van der Waals surface area contributed by atoms with Crippen molar-refractivity contribution in [1.29, 1.82) is 0 Å². The van der Waals surface area contributed by atoms with Gasteiger partial charge in [-0.25, -0.2) is 4.79 Å². The fraction of sp³-hybridized carbons (Fsp3) is 0.800. The van der Waals surface area contributed by atoms with Crippen LogP contribution in [0.15, 0.2) is 0 Å². The standard InChI is InChI=1S/C15H26N2O4/c1-10(2)9-12(17-8-6-5-7-13(17)18)14(19)16(4)11(3)15(20)21/h10-12H,5-9H2,1-4H3,(H,20,21). The predicted molar refractivity (Wildman–Crippen MR) is 78.7 cm³/mol. The highest BCUT2D eigenvalue weighted by atomic mass is 16.4. The van der Waals surface area contributed by atoms with E-state index in [-0.39, 0.29) is 17.7 Å². The molecule has 21 heavy (non-hydrogen) atoms. The van der Waals surface area contributed by atoms with Crippen LogP contribution in [0.2, 0.25) is 0 Å². The molecule has 0 bridgehead atoms. The number of amides is 2. The number of likely N-dealkylation sites (N-methyl/N-ethyl adjacent to an activating group) is 1. The number of hydrogen-bond acceptors (Lipinski definition) is 3. The van der Waals surface area contributed by atoms with Crippen LogP contribution in [0.5, 0.6) is 0 Å². The zero-order chi connectivity index (χ0) is 16.2. The molecule has 1 heterocycles. The molecule has 1 aliphatic heterocycles. The lowest BCUT2D eigenvalue weighted by atomic mass is 9.98. The molecule has 120 valence electrons. The van der Waals surface area contributed by atoms with Crippen LogP contribution in [0.4, 0.5) is 0 Å². The molecule has 2 atom stereocenters. The summed E-state index contributed by atoms with van der Waals surface area (Å²) in [5.41, 5.74) is 0. The first-order chi connectivity index (χ1) is 9.75. The van der Waals surface area contributed by atoms with E-state index in [1.165, 1.54) is 18.9 Å². The lowest BCUT2D eigenvalue weighted by molar-refractivity contribution is -0.154. The minimum Gasteiger partial charge on any atom is -0.480 e. The fourth-order valence-electron chi connectivity index (χ4n) is 2.56. The van der Waals surface area contributed by atoms with Gasteiger partial charge >= 0.3 is 5.97 Å². The van der Waals surface area contributed by atoms with E-state index in [4.69, 9.17) is 5.11 Å². The van der Waals surface area contributed by atoms with Crippen LogP contribution >= 0.6 is 0 Å². The number of likely N-dealkylation sites (tertiary alicyclic amines) is 1. The first-order valence-electron chi connectivity index (χ1n) is 7.54. The second kappa shape index (κ2) is 7.43. The Morgan fingerprint density at radius 1 is 1.29 bits per heavy atom. The number of carbonyl (C=O) groups excluding carboxylic acids is 2. The molecule has 6 heteroatoms. The van der Waals surface area contributed by atoms with Gasteiger partial charge in [0, 0.05) is 20.0 Å². The van der Waals surface area contributed by atoms with E-state index in [1.54, 1.807) is 4.90 Å². The highest BCUT2D eigenvalue weighted by Gasteiger charge is 2.35. The Balaban J connectivity index is 2.93. The molecule has 1 rings (SSSR count). The average Bonchev–Trinajstić information content (AvgIpc) is 2.43. The molecule has 0 aliphatic carbocycles. The SMILES string of the molecule is CC(C)CC(C(=O)N(C)C(C)C(=O)O)N1CCCCC1=O. The maximum Gasteiger partial charge on any atom is 0.326 e. The summed E-state index contributed by atoms with van der Waals surface area (Å²) in [4.78, 5) is 38.7. The van der Waals surface area contributed by atoms with Crippen LogP contribution in [-0.2, 0) is 14.4 Å². The third-order valence-corrected chi connectivity index (χ3v) is 4.00. The minimum absolute atomic E-state index is 0.00312. The van der Waals surface area contributed by atoms with Crippen LogP contribution in [0.3, 0.4) is 0 Å². The van der Waals surface area contributed by atoms with Crippen LogP contribution in [0, 0.1) is 5.92 Å². The lowest BCUT2D eigenvalue weighted by Gasteiger charge is -2.37. The van der Waals surface area contributed by atoms with Crippen molar-refractivity contribution < 1.29 is 19.5 Å². The van der Waals surface area contributed by atoms with Gasteiger partial charge in [-0.3, -0.25) is 9.59 Å². The van der Waals surface area contributed by atoms with E-state index in [1.807, 2.05) is 13.8 Å². The predicted octanol–water partition coefficient (Wildman–Crippen LogP) is 1.35. The van der Waals surface area contributed by atoms with E-state index in [0.29, 0.717) is 19.4 Å². The molecule has 1 saturated heterocycles. The summed E-state index contributed by atoms with van der Waals surface area (Å²) < 4.78 is 0. The summed E-state index contributed by atoms with van der Waals surface area (Å²) in [6.07, 6.45) is 2.78. The maximum atomic E-state index is 12.6. The topological polar surface area (TPSA) is 77.9 Å². The quantitative estimate of drug-likeness (QED) is 0.803. The van der Waals surface area contributed by atoms with Crippen LogP contribution in [-0.4, -0.2) is 58.4 Å². The normalized spacial score (nSPS) is 18.5. The maximum absolute atomic E-state index is 12.6. The lowest BCUT2D eigenvalue weighted by Crippen LogP contribution is -2.54. The van der Waals surface area contributed by atoms with Gasteiger partial charge in [0.15, 0.2) is 0 Å². The van der Waals surface area contributed by atoms with Crippen molar-refractivity contribution in [3.63, 3.8) is 0 Å². The van der Waals surface area contributed by atoms with Gasteiger partial charge in [-0.05, 0) is 32.1 Å². The average molecular weight is 298 g/mol. The van der Waals surface area contributed by atoms with E-state index in [9.17, 15) is 14.4 Å². The van der Waals surface area contributed by atoms with Gasteiger partial charge in [-0.15, -0.1) is 0 Å². The smallest absolute Gasteiger partial charge is 0.326 e. The molecule has 0 aromatic heterocycles. The van der Waals surface area contributed by atoms with Crippen LogP contribution in [0.1, 0.15) is 46.5 Å². The molecular formula is C15H26N2O4. The van der Waals surface area contributed by atoms with Crippen molar-refractivity contribution in [3.05, 3.63) is 0 Å². The largest absolute Gasteiger partial charge is 0.480 e. The zero-order valence-corrected chi connectivity index (χ0v) is 13.3. The first kappa shape index (κ1) is 17.5. The number of aliphatic carboxylic acids is 1. The monoisotopic (exact) mass is 298 g/mol. The van der Waals surface area contributed by atoms with Crippen molar-refractivity contribution in [2.75, 3.05) is 13.6 Å². The van der Waals surface area contributed by atoms with Crippen LogP contribution in [0.25, 0.3) is 0 Å². The molecule has 0 aromatic carbocycles. The highest BCUT2D eigenvalue weighted by molar-refractivity contribution is 5.90. The Kier molecular flexibility index (Phi) is 6.18. The molecule has 0 aromatic rings. The first-order valence-corrected chi connectivity index (χ1v) is 7.54. The Morgan fingerprint density at radius 2 is 1.90 bits per heavy atom. The third kappa shape index (κ3) is 4.44. The number of hydrogen-bond donors (Lipinski definition) is 1. The van der Waals surface area contributed by atoms with Gasteiger partial charge < -0.3 is 14.9 Å². The molecule has 1 N–H and O–H groups in total. The number of carbonyl (C=O) groups is 3. The summed E-state index contributed by atoms with van der Waals surface area (Å²) in [6, 6.07) is -1.45. The molecule has 1 fully saturated rings. The molecule has 1 aliphatic rings. The Labute approximate surface area is 126 Å². The van der Waals surface area contributed by atoms with Gasteiger partial charge in [0.25, 0.3) is 0 Å². The minimum atomic E-state index is -1.04. The number of piperidine rings is 1. The van der Waals surface area contributed by atoms with Gasteiger partial charge in [0.1, 0.15) is 12.1 Å². The number of rotatable bonds is 6. The van der Waals surface area contributed by atoms with Crippen molar-refractivity contribution in [2.45, 2.75) is 58.5 Å². The third-order valence-electron chi connectivity index (χ3n) is 4.00. The van der Waals surface area contributed by atoms with Crippen molar-refractivity contribution in [1.82, 2.24) is 9.80 Å². The number of nitrogens with zero attached hydrogens (tertiary/aromatic N) is 2. The second-order valence-corrected chi connectivity index (χ2v) is 6.15. The Morgan fingerprint density at radius 3 is 2.38 bits per heavy atom. The van der Waals surface area contributed by atoms with Crippen molar-refractivity contribution >= 4 is 17.8 Å². The molecule has 6 nitrogen and oxygen atoms in total. The summed E-state index contributed by atoms with van der Waals surface area (Å²) in [6.45, 7) is 6.05. The summed E-state index contributed by atoms with van der Waals surface area (Å²) in [7, 11) is 1.49. The Hall–Kier alpha value is -1.59. The van der Waals surface area contributed by atoms with E-state index in [0.717, 1.165) is 12.8 Å². The summed E-state index contributed by atoms with van der Waals surface area (Å²) >= 11 is 0. The summed E-state index contributed by atoms with van der Waals surface area (Å²) in [5, 5.41) is 9.05. The van der Waals surface area contributed by atoms with Gasteiger partial charge in [-0.2, -0.15) is 0 Å². The van der Waals surface area contributed by atoms with Crippen molar-refractivity contribution in [2.24, 2.45) is 5.92 Å². The second-order valence-electron chi connectivity index (χ2n) is 6.15. The molecule has 2 unspecified atom stereocenters. The number of carboxylic acid groups (broad SMARTS) is 1. The summed E-state index contributed by atoms with van der Waals surface area (Å²) in [5.74, 6) is -1.08. The Bertz CT molecular complexity index is 408. The molecule has 0 radical (unpaired) electrons. The van der Waals surface area contributed by atoms with E-state index < -0.39 is 18.1 Å². The zero-order valence-electron chi connectivity index (χ0n) is 13.3.